The molecule has 0 bridgehead atoms. The summed E-state index contributed by atoms with van der Waals surface area (Å²) in [5.41, 5.74) is 3.52. The SMILES string of the molecule is COC(=O)c1cc2c(cc1C)S(=O)(=O)C(C)(C)C(=O)C2.COC(=O)c1cc2c(cc1C)SC(C)(C)C(=O)C2. The van der Waals surface area contributed by atoms with Crippen molar-refractivity contribution in [3.8, 4) is 0 Å². The summed E-state index contributed by atoms with van der Waals surface area (Å²) in [7, 11) is -1.12. The second-order valence-corrected chi connectivity index (χ2v) is 14.5. The van der Waals surface area contributed by atoms with Crippen molar-refractivity contribution in [3.05, 3.63) is 57.6 Å². The summed E-state index contributed by atoms with van der Waals surface area (Å²) in [6.45, 7) is 10.2. The average molecular weight is 561 g/mol. The van der Waals surface area contributed by atoms with Crippen molar-refractivity contribution in [2.75, 3.05) is 14.2 Å². The minimum Gasteiger partial charge on any atom is -0.465 e. The summed E-state index contributed by atoms with van der Waals surface area (Å²) in [6.07, 6.45) is 0.394. The molecular weight excluding hydrogens is 528 g/mol. The van der Waals surface area contributed by atoms with Crippen molar-refractivity contribution in [3.63, 3.8) is 0 Å². The summed E-state index contributed by atoms with van der Waals surface area (Å²) in [6, 6.07) is 6.66. The average Bonchev–Trinajstić information content (AvgIpc) is 2.83. The largest absolute Gasteiger partial charge is 0.465 e. The number of thioether (sulfide) groups is 1. The number of benzene rings is 2. The van der Waals surface area contributed by atoms with Gasteiger partial charge in [0, 0.05) is 17.7 Å². The first-order chi connectivity index (χ1) is 17.5. The molecule has 0 aliphatic carbocycles. The highest BCUT2D eigenvalue weighted by molar-refractivity contribution is 8.01. The highest BCUT2D eigenvalue weighted by Crippen LogP contribution is 2.42. The van der Waals surface area contributed by atoms with Gasteiger partial charge in [-0.15, -0.1) is 11.8 Å². The molecule has 2 aromatic rings. The highest BCUT2D eigenvalue weighted by atomic mass is 32.2. The van der Waals surface area contributed by atoms with Gasteiger partial charge in [0.05, 0.1) is 35.0 Å². The summed E-state index contributed by atoms with van der Waals surface area (Å²) in [5.74, 6) is -1.07. The zero-order valence-corrected chi connectivity index (χ0v) is 24.4. The van der Waals surface area contributed by atoms with E-state index in [0.29, 0.717) is 23.1 Å². The molecule has 10 heteroatoms. The fourth-order valence-corrected chi connectivity index (χ4v) is 7.23. The van der Waals surface area contributed by atoms with Crippen molar-refractivity contribution in [2.45, 2.75) is 73.7 Å². The van der Waals surface area contributed by atoms with Gasteiger partial charge in [0.1, 0.15) is 4.75 Å². The van der Waals surface area contributed by atoms with Gasteiger partial charge in [-0.2, -0.15) is 0 Å². The third-order valence-electron chi connectivity index (χ3n) is 7.00. The van der Waals surface area contributed by atoms with Crippen molar-refractivity contribution in [1.82, 2.24) is 0 Å². The van der Waals surface area contributed by atoms with Crippen LogP contribution in [-0.4, -0.2) is 55.6 Å². The van der Waals surface area contributed by atoms with Gasteiger partial charge < -0.3 is 9.47 Å². The third-order valence-corrected chi connectivity index (χ3v) is 10.9. The van der Waals surface area contributed by atoms with Crippen molar-refractivity contribution in [2.24, 2.45) is 0 Å². The lowest BCUT2D eigenvalue weighted by Crippen LogP contribution is -2.45. The maximum atomic E-state index is 12.5. The molecule has 2 aliphatic heterocycles. The summed E-state index contributed by atoms with van der Waals surface area (Å²) >= 11 is 1.56. The van der Waals surface area contributed by atoms with Crippen LogP contribution in [0.3, 0.4) is 0 Å². The number of carbonyl (C=O) groups is 4. The molecule has 0 spiro atoms. The molecule has 4 rings (SSSR count). The van der Waals surface area contributed by atoms with Gasteiger partial charge >= 0.3 is 11.9 Å². The molecular formula is C28H32O8S2. The standard InChI is InChI=1S/C14H16O5S.C14H16O3S/c1-8-5-11-9(6-10(8)13(16)19-4)7-12(15)14(2,3)20(11,17)18;1-8-5-11-9(6-10(8)13(16)17-4)7-12(15)14(2,3)18-11/h5-6H,7H2,1-4H3;5-6H,7H2,1-4H3. The number of fused-ring (bicyclic) bond motifs is 2. The lowest BCUT2D eigenvalue weighted by atomic mass is 9.96. The zero-order chi connectivity index (χ0) is 28.8. The van der Waals surface area contributed by atoms with E-state index in [4.69, 9.17) is 4.74 Å². The van der Waals surface area contributed by atoms with Crippen LogP contribution in [0.4, 0.5) is 0 Å². The van der Waals surface area contributed by atoms with E-state index >= 15 is 0 Å². The molecule has 204 valence electrons. The van der Waals surface area contributed by atoms with E-state index in [-0.39, 0.29) is 39.2 Å². The predicted molar refractivity (Wildman–Crippen MR) is 144 cm³/mol. The van der Waals surface area contributed by atoms with Gasteiger partial charge in [-0.05, 0) is 88.1 Å². The second kappa shape index (κ2) is 10.3. The molecule has 0 unspecified atom stereocenters. The number of methoxy groups -OCH3 is 2. The molecule has 0 fully saturated rings. The smallest absolute Gasteiger partial charge is 0.338 e. The van der Waals surface area contributed by atoms with Crippen LogP contribution in [0.25, 0.3) is 0 Å². The third kappa shape index (κ3) is 5.16. The molecule has 0 N–H and O–H groups in total. The van der Waals surface area contributed by atoms with E-state index < -0.39 is 20.6 Å². The van der Waals surface area contributed by atoms with Crippen LogP contribution >= 0.6 is 11.8 Å². The Morgan fingerprint density at radius 3 is 1.79 bits per heavy atom. The predicted octanol–water partition coefficient (Wildman–Crippen LogP) is 4.24. The van der Waals surface area contributed by atoms with Gasteiger partial charge in [-0.1, -0.05) is 0 Å². The van der Waals surface area contributed by atoms with Crippen LogP contribution in [0, 0.1) is 13.8 Å². The Morgan fingerprint density at radius 1 is 0.789 bits per heavy atom. The Hall–Kier alpha value is -2.98. The topological polar surface area (TPSA) is 121 Å². The molecule has 0 aromatic heterocycles. The maximum Gasteiger partial charge on any atom is 0.338 e. The Labute approximate surface area is 227 Å². The maximum absolute atomic E-state index is 12.5. The number of ether oxygens (including phenoxy) is 2. The monoisotopic (exact) mass is 560 g/mol. The number of Topliss-reactive ketones (excluding diaryl/α,β-unsaturated/α-hetero) is 2. The Kier molecular flexibility index (Phi) is 8.01. The number of carbonyl (C=O) groups excluding carboxylic acids is 4. The van der Waals surface area contributed by atoms with Crippen LogP contribution in [0.5, 0.6) is 0 Å². The molecule has 0 atom stereocenters. The van der Waals surface area contributed by atoms with E-state index in [1.165, 1.54) is 40.2 Å². The van der Waals surface area contributed by atoms with Gasteiger partial charge in [0.15, 0.2) is 21.4 Å². The van der Waals surface area contributed by atoms with Crippen molar-refractivity contribution in [1.29, 1.82) is 0 Å². The summed E-state index contributed by atoms with van der Waals surface area (Å²) in [4.78, 5) is 48.5. The molecule has 0 saturated carbocycles. The lowest BCUT2D eigenvalue weighted by Gasteiger charge is -2.30. The second-order valence-electron chi connectivity index (χ2n) is 10.4. The van der Waals surface area contributed by atoms with E-state index in [1.54, 1.807) is 24.8 Å². The van der Waals surface area contributed by atoms with Crippen LogP contribution in [0.1, 0.15) is 70.7 Å². The van der Waals surface area contributed by atoms with Gasteiger partial charge in [-0.25, -0.2) is 18.0 Å². The van der Waals surface area contributed by atoms with Gasteiger partial charge in [0.2, 0.25) is 0 Å². The quantitative estimate of drug-likeness (QED) is 0.497. The number of rotatable bonds is 2. The van der Waals surface area contributed by atoms with Gasteiger partial charge in [0.25, 0.3) is 0 Å². The summed E-state index contributed by atoms with van der Waals surface area (Å²) < 4.78 is 32.6. The molecule has 0 saturated heterocycles. The molecule has 8 nitrogen and oxygen atoms in total. The number of ketones is 2. The van der Waals surface area contributed by atoms with Crippen LogP contribution in [0.15, 0.2) is 34.1 Å². The minimum atomic E-state index is -3.74. The first-order valence-electron chi connectivity index (χ1n) is 11.9. The fraction of sp³-hybridized carbons (Fsp3) is 0.429. The Morgan fingerprint density at radius 2 is 1.26 bits per heavy atom. The Bertz CT molecular complexity index is 1470. The van der Waals surface area contributed by atoms with Crippen molar-refractivity contribution >= 4 is 45.1 Å². The first kappa shape index (κ1) is 29.6. The van der Waals surface area contributed by atoms with E-state index in [2.05, 4.69) is 4.74 Å². The molecule has 0 amide bonds. The van der Waals surface area contributed by atoms with Crippen LogP contribution < -0.4 is 0 Å². The number of esters is 2. The normalized spacial score (nSPS) is 18.3. The van der Waals surface area contributed by atoms with Crippen LogP contribution in [0.2, 0.25) is 0 Å². The molecule has 0 radical (unpaired) electrons. The lowest BCUT2D eigenvalue weighted by molar-refractivity contribution is -0.121. The van der Waals surface area contributed by atoms with Crippen molar-refractivity contribution < 1.29 is 37.1 Å². The highest BCUT2D eigenvalue weighted by Gasteiger charge is 2.47. The Balaban J connectivity index is 0.000000212. The number of hydrogen-bond donors (Lipinski definition) is 0. The molecule has 2 aromatic carbocycles. The van der Waals surface area contributed by atoms with E-state index in [9.17, 15) is 27.6 Å². The number of sulfone groups is 1. The summed E-state index contributed by atoms with van der Waals surface area (Å²) in [5, 5.41) is 0. The zero-order valence-electron chi connectivity index (χ0n) is 22.8. The molecule has 2 aliphatic rings. The molecule has 2 heterocycles. The first-order valence-corrected chi connectivity index (χ1v) is 14.2. The number of aryl methyl sites for hydroxylation is 2. The van der Waals surface area contributed by atoms with Crippen LogP contribution in [-0.2, 0) is 41.7 Å². The number of hydrogen-bond acceptors (Lipinski definition) is 9. The van der Waals surface area contributed by atoms with E-state index in [0.717, 1.165) is 16.0 Å². The van der Waals surface area contributed by atoms with E-state index in [1.807, 2.05) is 26.8 Å². The fourth-order valence-electron chi connectivity index (χ4n) is 4.26. The van der Waals surface area contributed by atoms with Gasteiger partial charge in [-0.3, -0.25) is 9.59 Å². The molecule has 38 heavy (non-hydrogen) atoms. The minimum absolute atomic E-state index is 0.00579.